The molecule has 0 fully saturated rings. The third-order valence-electron chi connectivity index (χ3n) is 3.82. The van der Waals surface area contributed by atoms with Crippen molar-refractivity contribution in [2.75, 3.05) is 0 Å². The molecule has 42 heavy (non-hydrogen) atoms. The van der Waals surface area contributed by atoms with Gasteiger partial charge in [-0.05, 0) is 76.2 Å². The molecule has 0 aliphatic rings. The van der Waals surface area contributed by atoms with E-state index in [0.29, 0.717) is 11.6 Å². The molecule has 0 aromatic carbocycles. The van der Waals surface area contributed by atoms with E-state index in [1.165, 1.54) is 0 Å². The van der Waals surface area contributed by atoms with E-state index in [-0.39, 0.29) is 33.6 Å². The van der Waals surface area contributed by atoms with Crippen LogP contribution in [0.4, 0.5) is 0 Å². The summed E-state index contributed by atoms with van der Waals surface area (Å²) < 4.78 is 67.9. The Hall–Kier alpha value is -2.82. The minimum atomic E-state index is -4.94. The second-order valence-corrected chi connectivity index (χ2v) is 10.8. The fraction of sp³-hybridized carbons (Fsp3) is 0.400. The van der Waals surface area contributed by atoms with Gasteiger partial charge in [0.25, 0.3) is 0 Å². The molecule has 0 unspecified atom stereocenters. The molecule has 0 atom stereocenters. The number of rotatable bonds is 2. The number of pyridine rings is 2. The summed E-state index contributed by atoms with van der Waals surface area (Å²) in [5, 5.41) is 24.5. The third-order valence-corrected chi connectivity index (χ3v) is 3.82. The number of aromatic nitrogens is 10. The topological polar surface area (TPSA) is 330 Å². The minimum absolute atomic E-state index is 0. The quantitative estimate of drug-likeness (QED) is 0.139. The average molecular weight is 688 g/mol. The molecule has 237 valence electrons. The van der Waals surface area contributed by atoms with Crippen molar-refractivity contribution in [3.63, 3.8) is 0 Å². The SMILES string of the molecule is CC(C)(C)n1nnc(-c2ccccn2)n1.CC(C)(C)n1nnc(-c2ccccn2)n1.[Cu+2].[O-][Cl+3]([O-])([O-])[O-].[O-][Cl+3]([O-])([O-])[O-].[OH3+]. The molecule has 0 bridgehead atoms. The fourth-order valence-corrected chi connectivity index (χ4v) is 2.19. The number of hydrogen-bond acceptors (Lipinski definition) is 16. The largest absolute Gasteiger partial charge is 2.00 e. The Morgan fingerprint density at radius 2 is 0.857 bits per heavy atom. The van der Waals surface area contributed by atoms with Crippen molar-refractivity contribution >= 4 is 0 Å². The van der Waals surface area contributed by atoms with Crippen LogP contribution in [-0.2, 0) is 33.6 Å². The summed E-state index contributed by atoms with van der Waals surface area (Å²) in [7, 11) is -9.89. The molecule has 4 aromatic heterocycles. The van der Waals surface area contributed by atoms with Crippen LogP contribution < -0.4 is 37.3 Å². The molecular weight excluding hydrogens is 659 g/mol. The van der Waals surface area contributed by atoms with Gasteiger partial charge in [0.05, 0.1) is 11.1 Å². The molecule has 0 saturated carbocycles. The predicted octanol–water partition coefficient (Wildman–Crippen LogP) is -7.46. The van der Waals surface area contributed by atoms with Crippen molar-refractivity contribution in [3.8, 4) is 23.0 Å². The van der Waals surface area contributed by atoms with Crippen LogP contribution in [0.25, 0.3) is 23.0 Å². The van der Waals surface area contributed by atoms with Gasteiger partial charge < -0.3 is 5.48 Å². The van der Waals surface area contributed by atoms with E-state index in [4.69, 9.17) is 37.3 Å². The van der Waals surface area contributed by atoms with Crippen LogP contribution in [0, 0.1) is 20.5 Å². The Morgan fingerprint density at radius 3 is 1.05 bits per heavy atom. The molecule has 0 saturated heterocycles. The Kier molecular flexibility index (Phi) is 17.1. The smallest absolute Gasteiger partial charge is 0.457 e. The molecule has 0 amide bonds. The van der Waals surface area contributed by atoms with Gasteiger partial charge in [-0.15, -0.1) is 40.9 Å². The van der Waals surface area contributed by atoms with Gasteiger partial charge in [-0.1, -0.05) is 12.1 Å². The van der Waals surface area contributed by atoms with Gasteiger partial charge in [0, 0.05) is 12.4 Å². The summed E-state index contributed by atoms with van der Waals surface area (Å²) in [6, 6.07) is 11.3. The van der Waals surface area contributed by atoms with Crippen molar-refractivity contribution in [3.05, 3.63) is 48.8 Å². The second kappa shape index (κ2) is 17.3. The summed E-state index contributed by atoms with van der Waals surface area (Å²) in [6.45, 7) is 12.1. The molecule has 4 aromatic rings. The van der Waals surface area contributed by atoms with Crippen molar-refractivity contribution in [2.24, 2.45) is 0 Å². The predicted molar refractivity (Wildman–Crippen MR) is 117 cm³/mol. The second-order valence-electron chi connectivity index (χ2n) is 9.33. The molecule has 1 radical (unpaired) electrons. The van der Waals surface area contributed by atoms with Crippen molar-refractivity contribution < 1.29 is 80.3 Å². The zero-order chi connectivity index (χ0) is 30.8. The van der Waals surface area contributed by atoms with Gasteiger partial charge in [-0.25, -0.2) is 37.3 Å². The number of nitrogens with zero attached hydrogens (tertiary/aromatic N) is 10. The molecule has 0 spiro atoms. The van der Waals surface area contributed by atoms with Crippen LogP contribution in [0.5, 0.6) is 0 Å². The maximum Gasteiger partial charge on any atom is 2.00 e. The van der Waals surface area contributed by atoms with Gasteiger partial charge in [-0.2, -0.15) is 9.59 Å². The van der Waals surface area contributed by atoms with Crippen LogP contribution in [0.3, 0.4) is 0 Å². The first-order chi connectivity index (χ1) is 18.1. The van der Waals surface area contributed by atoms with Crippen LogP contribution >= 0.6 is 0 Å². The summed E-state index contributed by atoms with van der Waals surface area (Å²) in [4.78, 5) is 11.5. The zero-order valence-corrected chi connectivity index (χ0v) is 25.4. The van der Waals surface area contributed by atoms with E-state index in [9.17, 15) is 0 Å². The van der Waals surface area contributed by atoms with E-state index in [2.05, 4.69) is 40.8 Å². The fourth-order valence-electron chi connectivity index (χ4n) is 2.19. The normalized spacial score (nSPS) is 11.2. The first kappa shape index (κ1) is 41.3. The first-order valence-corrected chi connectivity index (χ1v) is 13.3. The van der Waals surface area contributed by atoms with E-state index >= 15 is 0 Å². The van der Waals surface area contributed by atoms with Crippen molar-refractivity contribution in [1.82, 2.24) is 50.4 Å². The molecular formula is C20H29Cl2CuN10O9+. The molecule has 0 aliphatic carbocycles. The Bertz CT molecular complexity index is 1170. The van der Waals surface area contributed by atoms with Gasteiger partial charge in [-0.3, -0.25) is 9.97 Å². The van der Waals surface area contributed by atoms with Crippen LogP contribution in [0.2, 0.25) is 0 Å². The number of hydrogen-bond donors (Lipinski definition) is 0. The van der Waals surface area contributed by atoms with E-state index < -0.39 is 20.5 Å². The Morgan fingerprint density at radius 1 is 0.571 bits per heavy atom. The summed E-state index contributed by atoms with van der Waals surface area (Å²) >= 11 is 0. The molecule has 4 heterocycles. The molecule has 0 aliphatic heterocycles. The summed E-state index contributed by atoms with van der Waals surface area (Å²) in [5.74, 6) is 1.12. The average Bonchev–Trinajstić information content (AvgIpc) is 3.49. The van der Waals surface area contributed by atoms with E-state index in [1.54, 1.807) is 22.0 Å². The summed E-state index contributed by atoms with van der Waals surface area (Å²) in [6.07, 6.45) is 3.43. The van der Waals surface area contributed by atoms with Gasteiger partial charge in [0.15, 0.2) is 0 Å². The van der Waals surface area contributed by atoms with Gasteiger partial charge in [0.1, 0.15) is 11.4 Å². The summed E-state index contributed by atoms with van der Waals surface area (Å²) in [5.41, 5.74) is 1.18. The maximum atomic E-state index is 8.49. The molecule has 19 nitrogen and oxygen atoms in total. The zero-order valence-electron chi connectivity index (χ0n) is 23.0. The van der Waals surface area contributed by atoms with Crippen LogP contribution in [-0.4, -0.2) is 50.4 Å². The monoisotopic (exact) mass is 686 g/mol. The number of halogens is 2. The Labute approximate surface area is 254 Å². The Balaban J connectivity index is 0. The van der Waals surface area contributed by atoms with Crippen molar-refractivity contribution in [1.29, 1.82) is 0 Å². The third kappa shape index (κ3) is 18.6. The minimum Gasteiger partial charge on any atom is -0.457 e. The number of tetrazole rings is 2. The standard InChI is InChI=1S/2C10H13N5.2ClHO4.Cu.H2O/c2*1-10(2,3)15-13-9(12-14-15)8-6-4-5-7-11-8;2*2-1(3,4)5;;/h2*4-7H,1-3H3;2*(H,2,3,4,5);;1H2/q;;;;+2;/p-1. The van der Waals surface area contributed by atoms with Crippen molar-refractivity contribution in [2.45, 2.75) is 52.6 Å². The van der Waals surface area contributed by atoms with Crippen LogP contribution in [0.1, 0.15) is 41.5 Å². The first-order valence-electron chi connectivity index (χ1n) is 10.8. The molecule has 22 heteroatoms. The molecule has 3 N–H and O–H groups in total. The van der Waals surface area contributed by atoms with Gasteiger partial charge >= 0.3 is 17.1 Å². The maximum absolute atomic E-state index is 8.49. The van der Waals surface area contributed by atoms with Gasteiger partial charge in [0.2, 0.25) is 11.6 Å². The van der Waals surface area contributed by atoms with E-state index in [1.807, 2.05) is 77.9 Å². The van der Waals surface area contributed by atoms with Crippen LogP contribution in [0.15, 0.2) is 48.8 Å². The molecule has 4 rings (SSSR count). The van der Waals surface area contributed by atoms with E-state index in [0.717, 1.165) is 11.4 Å².